The van der Waals surface area contributed by atoms with E-state index in [9.17, 15) is 0 Å². The zero-order valence-electron chi connectivity index (χ0n) is 7.91. The molecule has 3 nitrogen and oxygen atoms in total. The molecule has 0 spiro atoms. The molecule has 0 atom stereocenters. The van der Waals surface area contributed by atoms with Gasteiger partial charge in [0.1, 0.15) is 5.82 Å². The first kappa shape index (κ1) is 12.2. The molecule has 0 fully saturated rings. The highest BCUT2D eigenvalue weighted by Crippen LogP contribution is 2.10. The van der Waals surface area contributed by atoms with Crippen molar-refractivity contribution in [3.8, 4) is 0 Å². The molecule has 1 heterocycles. The summed E-state index contributed by atoms with van der Waals surface area (Å²) in [6, 6.07) is 1.86. The molecule has 0 saturated carbocycles. The minimum atomic E-state index is 0. The normalized spacial score (nSPS) is 9.38. The van der Waals surface area contributed by atoms with E-state index in [1.165, 1.54) is 0 Å². The smallest absolute Gasteiger partial charge is 0.123 e. The van der Waals surface area contributed by atoms with Crippen molar-refractivity contribution in [2.24, 2.45) is 0 Å². The highest BCUT2D eigenvalue weighted by Gasteiger charge is 1.98. The van der Waals surface area contributed by atoms with Crippen molar-refractivity contribution in [3.05, 3.63) is 23.4 Å². The monoisotopic (exact) mass is 202 g/mol. The number of ether oxygens (including phenoxy) is 1. The van der Waals surface area contributed by atoms with Crippen LogP contribution in [-0.2, 0) is 11.3 Å². The van der Waals surface area contributed by atoms with Crippen LogP contribution in [0.15, 0.2) is 12.3 Å². The Kier molecular flexibility index (Phi) is 5.42. The lowest BCUT2D eigenvalue weighted by atomic mass is 10.2. The fourth-order valence-corrected chi connectivity index (χ4v) is 0.969. The number of aromatic nitrogens is 1. The predicted molar refractivity (Wildman–Crippen MR) is 56.0 cm³/mol. The van der Waals surface area contributed by atoms with Crippen molar-refractivity contribution in [1.82, 2.24) is 4.98 Å². The molecule has 1 aromatic heterocycles. The summed E-state index contributed by atoms with van der Waals surface area (Å²) >= 11 is 0. The first-order chi connectivity index (χ1) is 5.74. The van der Waals surface area contributed by atoms with E-state index < -0.39 is 0 Å². The Hall–Kier alpha value is -0.800. The molecule has 0 aliphatic heterocycles. The Morgan fingerprint density at radius 1 is 1.54 bits per heavy atom. The van der Waals surface area contributed by atoms with Gasteiger partial charge >= 0.3 is 0 Å². The molecule has 0 aromatic carbocycles. The molecule has 4 heteroatoms. The first-order valence-corrected chi connectivity index (χ1v) is 4.02. The lowest BCUT2D eigenvalue weighted by Gasteiger charge is -2.05. The van der Waals surface area contributed by atoms with Crippen LogP contribution in [0.3, 0.4) is 0 Å². The van der Waals surface area contributed by atoms with Crippen molar-refractivity contribution < 1.29 is 4.74 Å². The van der Waals surface area contributed by atoms with Crippen LogP contribution in [0.1, 0.15) is 18.1 Å². The number of nitrogens with two attached hydrogens (primary N) is 1. The van der Waals surface area contributed by atoms with E-state index in [0.29, 0.717) is 12.4 Å². The summed E-state index contributed by atoms with van der Waals surface area (Å²) in [5.41, 5.74) is 7.74. The number of hydrogen-bond donors (Lipinski definition) is 1. The zero-order valence-corrected chi connectivity index (χ0v) is 8.73. The molecule has 0 bridgehead atoms. The fraction of sp³-hybridized carbons (Fsp3) is 0.444. The minimum Gasteiger partial charge on any atom is -0.384 e. The number of anilines is 1. The Morgan fingerprint density at radius 2 is 2.23 bits per heavy atom. The molecule has 0 aliphatic rings. The quantitative estimate of drug-likeness (QED) is 0.815. The summed E-state index contributed by atoms with van der Waals surface area (Å²) in [7, 11) is 0. The fourth-order valence-electron chi connectivity index (χ4n) is 0.969. The summed E-state index contributed by atoms with van der Waals surface area (Å²) < 4.78 is 5.26. The lowest BCUT2D eigenvalue weighted by molar-refractivity contribution is 0.133. The molecule has 0 amide bonds. The second-order valence-electron chi connectivity index (χ2n) is 2.67. The Labute approximate surface area is 84.7 Å². The Bertz CT molecular complexity index is 266. The van der Waals surface area contributed by atoms with Gasteiger partial charge in [0.15, 0.2) is 0 Å². The summed E-state index contributed by atoms with van der Waals surface area (Å²) in [6.07, 6.45) is 1.76. The van der Waals surface area contributed by atoms with Crippen LogP contribution >= 0.6 is 12.4 Å². The number of nitrogens with zero attached hydrogens (tertiary/aromatic N) is 1. The molecule has 1 rings (SSSR count). The number of aryl methyl sites for hydroxylation is 1. The molecule has 0 radical (unpaired) electrons. The van der Waals surface area contributed by atoms with Crippen LogP contribution < -0.4 is 5.73 Å². The predicted octanol–water partition coefficient (Wildman–Crippen LogP) is 1.93. The average molecular weight is 203 g/mol. The maximum Gasteiger partial charge on any atom is 0.123 e. The third-order valence-electron chi connectivity index (χ3n) is 1.70. The van der Waals surface area contributed by atoms with Gasteiger partial charge in [-0.2, -0.15) is 0 Å². The van der Waals surface area contributed by atoms with Gasteiger partial charge in [0.25, 0.3) is 0 Å². The number of rotatable bonds is 3. The van der Waals surface area contributed by atoms with Gasteiger partial charge in [-0.05, 0) is 31.0 Å². The molecular weight excluding hydrogens is 188 g/mol. The van der Waals surface area contributed by atoms with Crippen molar-refractivity contribution in [3.63, 3.8) is 0 Å². The van der Waals surface area contributed by atoms with E-state index in [1.54, 1.807) is 6.20 Å². The van der Waals surface area contributed by atoms with E-state index in [0.717, 1.165) is 17.7 Å². The Balaban J connectivity index is 0.00000144. The van der Waals surface area contributed by atoms with Crippen molar-refractivity contribution in [1.29, 1.82) is 0 Å². The number of halogens is 1. The molecule has 74 valence electrons. The van der Waals surface area contributed by atoms with Crippen LogP contribution in [0.5, 0.6) is 0 Å². The molecule has 0 saturated heterocycles. The highest BCUT2D eigenvalue weighted by atomic mass is 35.5. The topological polar surface area (TPSA) is 48.1 Å². The summed E-state index contributed by atoms with van der Waals surface area (Å²) in [5.74, 6) is 0.563. The summed E-state index contributed by atoms with van der Waals surface area (Å²) in [5, 5.41) is 0. The van der Waals surface area contributed by atoms with E-state index >= 15 is 0 Å². The molecule has 1 aromatic rings. The van der Waals surface area contributed by atoms with Crippen LogP contribution in [0.2, 0.25) is 0 Å². The second kappa shape index (κ2) is 5.78. The van der Waals surface area contributed by atoms with Crippen LogP contribution in [0.4, 0.5) is 5.82 Å². The van der Waals surface area contributed by atoms with Gasteiger partial charge in [0.2, 0.25) is 0 Å². The first-order valence-electron chi connectivity index (χ1n) is 4.02. The largest absolute Gasteiger partial charge is 0.384 e. The SMILES string of the molecule is CCOCc1cnc(N)cc1C.Cl. The van der Waals surface area contributed by atoms with Gasteiger partial charge in [-0.1, -0.05) is 0 Å². The van der Waals surface area contributed by atoms with Crippen molar-refractivity contribution in [2.45, 2.75) is 20.5 Å². The summed E-state index contributed by atoms with van der Waals surface area (Å²) in [4.78, 5) is 3.99. The number of nitrogen functional groups attached to an aromatic ring is 1. The maximum absolute atomic E-state index is 5.50. The maximum atomic E-state index is 5.50. The van der Waals surface area contributed by atoms with Gasteiger partial charge in [-0.3, -0.25) is 0 Å². The van der Waals surface area contributed by atoms with Gasteiger partial charge in [-0.15, -0.1) is 12.4 Å². The molecule has 13 heavy (non-hydrogen) atoms. The standard InChI is InChI=1S/C9H14N2O.ClH/c1-3-12-6-8-5-11-9(10)4-7(8)2;/h4-5H,3,6H2,1-2H3,(H2,10,11);1H. The van der Waals surface area contributed by atoms with Gasteiger partial charge in [0.05, 0.1) is 6.61 Å². The molecule has 0 aliphatic carbocycles. The molecule has 2 N–H and O–H groups in total. The van der Waals surface area contributed by atoms with Crippen LogP contribution in [0, 0.1) is 6.92 Å². The van der Waals surface area contributed by atoms with Gasteiger partial charge < -0.3 is 10.5 Å². The molecule has 0 unspecified atom stereocenters. The lowest BCUT2D eigenvalue weighted by Crippen LogP contribution is -1.98. The second-order valence-corrected chi connectivity index (χ2v) is 2.67. The minimum absolute atomic E-state index is 0. The van der Waals surface area contributed by atoms with E-state index in [1.807, 2.05) is 19.9 Å². The summed E-state index contributed by atoms with van der Waals surface area (Å²) in [6.45, 7) is 5.33. The highest BCUT2D eigenvalue weighted by molar-refractivity contribution is 5.85. The van der Waals surface area contributed by atoms with Crippen molar-refractivity contribution in [2.75, 3.05) is 12.3 Å². The van der Waals surface area contributed by atoms with Crippen LogP contribution in [-0.4, -0.2) is 11.6 Å². The van der Waals surface area contributed by atoms with Crippen molar-refractivity contribution >= 4 is 18.2 Å². The van der Waals surface area contributed by atoms with Gasteiger partial charge in [0, 0.05) is 12.8 Å². The number of hydrogen-bond acceptors (Lipinski definition) is 3. The van der Waals surface area contributed by atoms with E-state index in [2.05, 4.69) is 4.98 Å². The van der Waals surface area contributed by atoms with E-state index in [4.69, 9.17) is 10.5 Å². The average Bonchev–Trinajstić information content (AvgIpc) is 2.03. The third-order valence-corrected chi connectivity index (χ3v) is 1.70. The van der Waals surface area contributed by atoms with E-state index in [-0.39, 0.29) is 12.4 Å². The van der Waals surface area contributed by atoms with Crippen LogP contribution in [0.25, 0.3) is 0 Å². The van der Waals surface area contributed by atoms with Gasteiger partial charge in [-0.25, -0.2) is 4.98 Å². The zero-order chi connectivity index (χ0) is 8.97. The number of pyridine rings is 1. The third kappa shape index (κ3) is 3.61. The Morgan fingerprint density at radius 3 is 2.77 bits per heavy atom. The molecular formula is C9H15ClN2O.